The summed E-state index contributed by atoms with van der Waals surface area (Å²) >= 11 is 0. The van der Waals surface area contributed by atoms with Crippen LogP contribution in [-0.2, 0) is 0 Å². The minimum atomic E-state index is -1.62. The first-order valence-electron chi connectivity index (χ1n) is 3.47. The van der Waals surface area contributed by atoms with Crippen LogP contribution in [-0.4, -0.2) is 24.1 Å². The van der Waals surface area contributed by atoms with Gasteiger partial charge in [-0.3, -0.25) is 0 Å². The van der Waals surface area contributed by atoms with Gasteiger partial charge in [-0.05, 0) is 13.8 Å². The van der Waals surface area contributed by atoms with E-state index in [9.17, 15) is 5.11 Å². The molecular formula is C7H17NOSi. The van der Waals surface area contributed by atoms with Crippen LogP contribution in [0.5, 0.6) is 0 Å². The first-order valence-corrected chi connectivity index (χ1v) is 6.97. The maximum Gasteiger partial charge on any atom is 0.0889 e. The zero-order chi connectivity index (χ0) is 8.58. The highest BCUT2D eigenvalue weighted by atomic mass is 28.3. The van der Waals surface area contributed by atoms with Crippen LogP contribution >= 0.6 is 0 Å². The molecule has 1 unspecified atom stereocenters. The zero-order valence-corrected chi connectivity index (χ0v) is 8.45. The third kappa shape index (κ3) is 1.67. The fourth-order valence-corrected chi connectivity index (χ4v) is 1.69. The molecule has 60 valence electrons. The molecule has 0 saturated heterocycles. The lowest BCUT2D eigenvalue weighted by Crippen LogP contribution is -2.54. The first-order chi connectivity index (χ1) is 4.19. The van der Waals surface area contributed by atoms with Crippen LogP contribution in [0.3, 0.4) is 0 Å². The lowest BCUT2D eigenvalue weighted by atomic mass is 10.3. The smallest absolute Gasteiger partial charge is 0.0889 e. The molecular weight excluding hydrogens is 142 g/mol. The lowest BCUT2D eigenvalue weighted by Gasteiger charge is -2.34. The molecule has 10 heavy (non-hydrogen) atoms. The Morgan fingerprint density at radius 3 is 1.70 bits per heavy atom. The van der Waals surface area contributed by atoms with Crippen molar-refractivity contribution in [1.82, 2.24) is 0 Å². The topological polar surface area (TPSA) is 44.1 Å². The average molecular weight is 159 g/mol. The van der Waals surface area contributed by atoms with Crippen LogP contribution in [0, 0.1) is 5.41 Å². The Hall–Kier alpha value is -0.153. The molecule has 0 heterocycles. The molecule has 0 bridgehead atoms. The van der Waals surface area contributed by atoms with Crippen LogP contribution in [0.15, 0.2) is 0 Å². The molecule has 0 aromatic rings. The highest BCUT2D eigenvalue weighted by molar-refractivity contribution is 6.82. The van der Waals surface area contributed by atoms with E-state index in [0.717, 1.165) is 0 Å². The molecule has 0 amide bonds. The normalized spacial score (nSPS) is 18.2. The third-order valence-electron chi connectivity index (χ3n) is 2.19. The molecule has 0 aliphatic rings. The molecule has 0 rings (SSSR count). The molecule has 0 fully saturated rings. The Morgan fingerprint density at radius 2 is 1.70 bits per heavy atom. The summed E-state index contributed by atoms with van der Waals surface area (Å²) in [6.45, 7) is 9.58. The summed E-state index contributed by atoms with van der Waals surface area (Å²) < 4.78 is 0. The highest BCUT2D eigenvalue weighted by Crippen LogP contribution is 2.20. The van der Waals surface area contributed by atoms with Crippen molar-refractivity contribution in [3.05, 3.63) is 0 Å². The fraction of sp³-hybridized carbons (Fsp3) is 0.857. The van der Waals surface area contributed by atoms with Crippen LogP contribution in [0.4, 0.5) is 0 Å². The van der Waals surface area contributed by atoms with Gasteiger partial charge in [0.1, 0.15) is 0 Å². The predicted octanol–water partition coefficient (Wildman–Crippen LogP) is 1.65. The van der Waals surface area contributed by atoms with Gasteiger partial charge in [0.05, 0.1) is 13.3 Å². The van der Waals surface area contributed by atoms with Crippen LogP contribution in [0.2, 0.25) is 19.6 Å². The molecule has 3 heteroatoms. The van der Waals surface area contributed by atoms with Crippen molar-refractivity contribution in [3.8, 4) is 0 Å². The van der Waals surface area contributed by atoms with E-state index in [-0.39, 0.29) is 0 Å². The largest absolute Gasteiger partial charge is 0.388 e. The molecule has 1 atom stereocenters. The van der Waals surface area contributed by atoms with E-state index >= 15 is 0 Å². The van der Waals surface area contributed by atoms with Gasteiger partial charge in [-0.1, -0.05) is 19.6 Å². The molecule has 0 aromatic carbocycles. The predicted molar refractivity (Wildman–Crippen MR) is 47.4 cm³/mol. The van der Waals surface area contributed by atoms with Gasteiger partial charge in [-0.15, -0.1) is 0 Å². The summed E-state index contributed by atoms with van der Waals surface area (Å²) in [7, 11) is -1.62. The summed E-state index contributed by atoms with van der Waals surface area (Å²) in [6, 6.07) is 0. The van der Waals surface area contributed by atoms with E-state index in [4.69, 9.17) is 5.41 Å². The van der Waals surface area contributed by atoms with Crippen LogP contribution < -0.4 is 0 Å². The van der Waals surface area contributed by atoms with E-state index in [1.54, 1.807) is 13.8 Å². The Balaban J connectivity index is 4.57. The van der Waals surface area contributed by atoms with Gasteiger partial charge in [0.25, 0.3) is 0 Å². The average Bonchev–Trinajstić information content (AvgIpc) is 1.62. The Kier molecular flexibility index (Phi) is 2.43. The second-order valence-electron chi connectivity index (χ2n) is 3.95. The van der Waals surface area contributed by atoms with Crippen molar-refractivity contribution < 1.29 is 5.11 Å². The Morgan fingerprint density at radius 1 is 1.40 bits per heavy atom. The van der Waals surface area contributed by atoms with E-state index in [0.29, 0.717) is 5.71 Å². The molecule has 0 spiro atoms. The monoisotopic (exact) mass is 159 g/mol. The van der Waals surface area contributed by atoms with Crippen molar-refractivity contribution in [1.29, 1.82) is 5.41 Å². The van der Waals surface area contributed by atoms with Crippen molar-refractivity contribution in [3.63, 3.8) is 0 Å². The Bertz CT molecular complexity index is 146. The number of hydrogen-bond donors (Lipinski definition) is 2. The molecule has 0 radical (unpaired) electrons. The van der Waals surface area contributed by atoms with Gasteiger partial charge < -0.3 is 10.5 Å². The number of hydrogen-bond acceptors (Lipinski definition) is 2. The van der Waals surface area contributed by atoms with Gasteiger partial charge in [0.15, 0.2) is 0 Å². The number of nitrogens with one attached hydrogen (secondary N) is 1. The van der Waals surface area contributed by atoms with Crippen molar-refractivity contribution in [2.75, 3.05) is 0 Å². The fourth-order valence-electron chi connectivity index (χ4n) is 0.562. The maximum absolute atomic E-state index is 9.77. The summed E-state index contributed by atoms with van der Waals surface area (Å²) in [5, 5.41) is 16.3. The van der Waals surface area contributed by atoms with Crippen molar-refractivity contribution in [2.45, 2.75) is 38.7 Å². The van der Waals surface area contributed by atoms with E-state index < -0.39 is 13.3 Å². The molecule has 0 aliphatic heterocycles. The van der Waals surface area contributed by atoms with Gasteiger partial charge >= 0.3 is 0 Å². The van der Waals surface area contributed by atoms with Crippen molar-refractivity contribution in [2.24, 2.45) is 0 Å². The van der Waals surface area contributed by atoms with Gasteiger partial charge in [0, 0.05) is 5.71 Å². The lowest BCUT2D eigenvalue weighted by molar-refractivity contribution is 0.205. The SMILES string of the molecule is CC(=N)C(C)(O)[Si](C)(C)C. The van der Waals surface area contributed by atoms with Gasteiger partial charge in [0.2, 0.25) is 0 Å². The first kappa shape index (κ1) is 9.85. The summed E-state index contributed by atoms with van der Waals surface area (Å²) in [4.78, 5) is 0. The summed E-state index contributed by atoms with van der Waals surface area (Å²) in [6.07, 6.45) is 0. The minimum absolute atomic E-state index is 0.381. The molecule has 0 saturated carbocycles. The zero-order valence-electron chi connectivity index (χ0n) is 7.45. The quantitative estimate of drug-likeness (QED) is 0.467. The standard InChI is InChI=1S/C7H17NOSi/c1-6(8)7(2,9)10(3,4)5/h8-9H,1-5H3. The maximum atomic E-state index is 9.77. The van der Waals surface area contributed by atoms with Crippen LogP contribution in [0.1, 0.15) is 13.8 Å². The van der Waals surface area contributed by atoms with E-state index in [1.807, 2.05) is 0 Å². The van der Waals surface area contributed by atoms with Crippen molar-refractivity contribution >= 4 is 13.8 Å². The summed E-state index contributed by atoms with van der Waals surface area (Å²) in [5.74, 6) is 0. The molecule has 2 N–H and O–H groups in total. The van der Waals surface area contributed by atoms with E-state index in [2.05, 4.69) is 19.6 Å². The van der Waals surface area contributed by atoms with Gasteiger partial charge in [-0.25, -0.2) is 0 Å². The second-order valence-corrected chi connectivity index (χ2v) is 9.42. The molecule has 0 aromatic heterocycles. The van der Waals surface area contributed by atoms with Crippen LogP contribution in [0.25, 0.3) is 0 Å². The number of aliphatic hydroxyl groups is 1. The summed E-state index contributed by atoms with van der Waals surface area (Å²) in [5.41, 5.74) is 0.381. The minimum Gasteiger partial charge on any atom is -0.388 e. The van der Waals surface area contributed by atoms with E-state index in [1.165, 1.54) is 0 Å². The van der Waals surface area contributed by atoms with Gasteiger partial charge in [-0.2, -0.15) is 0 Å². The molecule has 0 aliphatic carbocycles. The highest BCUT2D eigenvalue weighted by Gasteiger charge is 2.38. The Labute approximate surface area is 63.8 Å². The number of rotatable bonds is 2. The third-order valence-corrected chi connectivity index (χ3v) is 5.49. The second kappa shape index (κ2) is 2.47. The molecule has 2 nitrogen and oxygen atoms in total.